The van der Waals surface area contributed by atoms with Crippen molar-refractivity contribution in [3.63, 3.8) is 0 Å². The molecule has 100 valence electrons. The van der Waals surface area contributed by atoms with Crippen LogP contribution < -0.4 is 10.1 Å². The molecule has 4 nitrogen and oxygen atoms in total. The van der Waals surface area contributed by atoms with Crippen LogP contribution in [0.4, 0.5) is 0 Å². The van der Waals surface area contributed by atoms with Gasteiger partial charge in [0.25, 0.3) is 0 Å². The molecule has 1 heterocycles. The van der Waals surface area contributed by atoms with Crippen molar-refractivity contribution in [3.05, 3.63) is 52.8 Å². The standard InChI is InChI=1S/C14H15ClN2O2/c1-19-13-3-2-12(15)6-11(13)7-14(18)17-9-10-4-5-16-8-10/h2-6,8,16H,7,9H2,1H3,(H,17,18). The van der Waals surface area contributed by atoms with E-state index >= 15 is 0 Å². The summed E-state index contributed by atoms with van der Waals surface area (Å²) in [6.45, 7) is 0.505. The van der Waals surface area contributed by atoms with Crippen LogP contribution in [0.3, 0.4) is 0 Å². The summed E-state index contributed by atoms with van der Waals surface area (Å²) >= 11 is 5.92. The molecule has 1 aromatic heterocycles. The lowest BCUT2D eigenvalue weighted by atomic mass is 10.1. The Morgan fingerprint density at radius 1 is 1.42 bits per heavy atom. The highest BCUT2D eigenvalue weighted by Gasteiger charge is 2.09. The normalized spacial score (nSPS) is 10.2. The molecular formula is C14H15ClN2O2. The number of H-pyrrole nitrogens is 1. The van der Waals surface area contributed by atoms with E-state index in [1.54, 1.807) is 25.3 Å². The molecule has 0 fully saturated rings. The second-order valence-corrected chi connectivity index (χ2v) is 4.57. The van der Waals surface area contributed by atoms with Gasteiger partial charge >= 0.3 is 0 Å². The molecule has 2 aromatic rings. The van der Waals surface area contributed by atoms with E-state index in [0.717, 1.165) is 11.1 Å². The van der Waals surface area contributed by atoms with E-state index in [4.69, 9.17) is 16.3 Å². The average molecular weight is 279 g/mol. The van der Waals surface area contributed by atoms with Crippen LogP contribution >= 0.6 is 11.6 Å². The Morgan fingerprint density at radius 2 is 2.26 bits per heavy atom. The lowest BCUT2D eigenvalue weighted by Crippen LogP contribution is -2.24. The first-order valence-corrected chi connectivity index (χ1v) is 6.27. The SMILES string of the molecule is COc1ccc(Cl)cc1CC(=O)NCc1cc[nH]c1. The van der Waals surface area contributed by atoms with Crippen molar-refractivity contribution in [1.29, 1.82) is 0 Å². The summed E-state index contributed by atoms with van der Waals surface area (Å²) in [5.41, 5.74) is 1.81. The summed E-state index contributed by atoms with van der Waals surface area (Å²) in [5, 5.41) is 3.44. The van der Waals surface area contributed by atoms with E-state index in [1.165, 1.54) is 0 Å². The average Bonchev–Trinajstić information content (AvgIpc) is 2.90. The molecule has 5 heteroatoms. The number of nitrogens with one attached hydrogen (secondary N) is 2. The molecule has 1 amide bonds. The highest BCUT2D eigenvalue weighted by molar-refractivity contribution is 6.30. The molecule has 0 radical (unpaired) electrons. The van der Waals surface area contributed by atoms with Crippen LogP contribution in [0.1, 0.15) is 11.1 Å². The first-order chi connectivity index (χ1) is 9.19. The van der Waals surface area contributed by atoms with Crippen molar-refractivity contribution >= 4 is 17.5 Å². The number of benzene rings is 1. The van der Waals surface area contributed by atoms with E-state index in [9.17, 15) is 4.79 Å². The molecule has 0 spiro atoms. The summed E-state index contributed by atoms with van der Waals surface area (Å²) in [6, 6.07) is 7.16. The van der Waals surface area contributed by atoms with E-state index in [-0.39, 0.29) is 12.3 Å². The molecule has 0 saturated heterocycles. The number of methoxy groups -OCH3 is 1. The van der Waals surface area contributed by atoms with Gasteiger partial charge in [-0.15, -0.1) is 0 Å². The monoisotopic (exact) mass is 278 g/mol. The fourth-order valence-electron chi connectivity index (χ4n) is 1.79. The minimum absolute atomic E-state index is 0.0678. The molecule has 0 atom stereocenters. The second-order valence-electron chi connectivity index (χ2n) is 4.13. The number of hydrogen-bond donors (Lipinski definition) is 2. The van der Waals surface area contributed by atoms with Gasteiger partial charge in [0.2, 0.25) is 5.91 Å². The lowest BCUT2D eigenvalue weighted by Gasteiger charge is -2.09. The van der Waals surface area contributed by atoms with Crippen LogP contribution in [0.15, 0.2) is 36.7 Å². The maximum atomic E-state index is 11.9. The Morgan fingerprint density at radius 3 is 2.95 bits per heavy atom. The Kier molecular flexibility index (Phi) is 4.47. The largest absolute Gasteiger partial charge is 0.496 e. The molecule has 0 bridgehead atoms. The Labute approximate surface area is 116 Å². The highest BCUT2D eigenvalue weighted by atomic mass is 35.5. The van der Waals surface area contributed by atoms with E-state index < -0.39 is 0 Å². The zero-order valence-corrected chi connectivity index (χ0v) is 11.3. The minimum Gasteiger partial charge on any atom is -0.496 e. The number of amides is 1. The van der Waals surface area contributed by atoms with Gasteiger partial charge in [-0.05, 0) is 29.8 Å². The lowest BCUT2D eigenvalue weighted by molar-refractivity contribution is -0.120. The molecule has 0 aliphatic rings. The molecule has 2 N–H and O–H groups in total. The number of hydrogen-bond acceptors (Lipinski definition) is 2. The maximum Gasteiger partial charge on any atom is 0.224 e. The van der Waals surface area contributed by atoms with Crippen LogP contribution in [0.25, 0.3) is 0 Å². The van der Waals surface area contributed by atoms with Gasteiger partial charge in [0.15, 0.2) is 0 Å². The quantitative estimate of drug-likeness (QED) is 0.883. The van der Waals surface area contributed by atoms with Crippen molar-refractivity contribution in [2.75, 3.05) is 7.11 Å². The number of carbonyl (C=O) groups is 1. The molecule has 0 aliphatic heterocycles. The third-order valence-corrected chi connectivity index (χ3v) is 2.98. The van der Waals surface area contributed by atoms with Gasteiger partial charge in [-0.2, -0.15) is 0 Å². The first-order valence-electron chi connectivity index (χ1n) is 5.90. The zero-order valence-electron chi connectivity index (χ0n) is 10.6. The van der Waals surface area contributed by atoms with Crippen LogP contribution in [-0.2, 0) is 17.8 Å². The minimum atomic E-state index is -0.0678. The molecule has 1 aromatic carbocycles. The van der Waals surface area contributed by atoms with Gasteiger partial charge in [0.1, 0.15) is 5.75 Å². The number of halogens is 1. The molecule has 0 saturated carbocycles. The van der Waals surface area contributed by atoms with Gasteiger partial charge < -0.3 is 15.0 Å². The maximum absolute atomic E-state index is 11.9. The number of aromatic nitrogens is 1. The molecule has 2 rings (SSSR count). The van der Waals surface area contributed by atoms with Crippen LogP contribution in [0.5, 0.6) is 5.75 Å². The number of rotatable bonds is 5. The summed E-state index contributed by atoms with van der Waals surface area (Å²) in [7, 11) is 1.57. The van der Waals surface area contributed by atoms with Gasteiger partial charge in [-0.1, -0.05) is 11.6 Å². The molecule has 0 aliphatic carbocycles. The summed E-state index contributed by atoms with van der Waals surface area (Å²) in [4.78, 5) is 14.8. The van der Waals surface area contributed by atoms with Crippen LogP contribution in [-0.4, -0.2) is 18.0 Å². The third-order valence-electron chi connectivity index (χ3n) is 2.75. The second kappa shape index (κ2) is 6.29. The molecular weight excluding hydrogens is 264 g/mol. The first kappa shape index (κ1) is 13.5. The zero-order chi connectivity index (χ0) is 13.7. The number of aromatic amines is 1. The van der Waals surface area contributed by atoms with Crippen molar-refractivity contribution in [2.45, 2.75) is 13.0 Å². The number of ether oxygens (including phenoxy) is 1. The summed E-state index contributed by atoms with van der Waals surface area (Å²) < 4.78 is 5.21. The van der Waals surface area contributed by atoms with Gasteiger partial charge in [-0.25, -0.2) is 0 Å². The summed E-state index contributed by atoms with van der Waals surface area (Å²) in [6.07, 6.45) is 3.91. The third kappa shape index (κ3) is 3.76. The fraction of sp³-hybridized carbons (Fsp3) is 0.214. The van der Waals surface area contributed by atoms with Crippen molar-refractivity contribution in [2.24, 2.45) is 0 Å². The molecule has 19 heavy (non-hydrogen) atoms. The summed E-state index contributed by atoms with van der Waals surface area (Å²) in [5.74, 6) is 0.600. The molecule has 0 unspecified atom stereocenters. The highest BCUT2D eigenvalue weighted by Crippen LogP contribution is 2.22. The fourth-order valence-corrected chi connectivity index (χ4v) is 1.98. The van der Waals surface area contributed by atoms with Crippen LogP contribution in [0, 0.1) is 0 Å². The Balaban J connectivity index is 1.96. The smallest absolute Gasteiger partial charge is 0.224 e. The van der Waals surface area contributed by atoms with Crippen LogP contribution in [0.2, 0.25) is 5.02 Å². The van der Waals surface area contributed by atoms with Crippen molar-refractivity contribution in [1.82, 2.24) is 10.3 Å². The van der Waals surface area contributed by atoms with Crippen molar-refractivity contribution in [3.8, 4) is 5.75 Å². The van der Waals surface area contributed by atoms with Gasteiger partial charge in [-0.3, -0.25) is 4.79 Å². The van der Waals surface area contributed by atoms with E-state index in [2.05, 4.69) is 10.3 Å². The van der Waals surface area contributed by atoms with E-state index in [1.807, 2.05) is 18.5 Å². The van der Waals surface area contributed by atoms with Gasteiger partial charge in [0, 0.05) is 29.5 Å². The van der Waals surface area contributed by atoms with Gasteiger partial charge in [0.05, 0.1) is 13.5 Å². The predicted molar refractivity (Wildman–Crippen MR) is 74.3 cm³/mol. The van der Waals surface area contributed by atoms with Crippen molar-refractivity contribution < 1.29 is 9.53 Å². The predicted octanol–water partition coefficient (Wildman–Crippen LogP) is 2.54. The Bertz CT molecular complexity index is 553. The number of carbonyl (C=O) groups excluding carboxylic acids is 1. The Hall–Kier alpha value is -1.94. The van der Waals surface area contributed by atoms with E-state index in [0.29, 0.717) is 17.3 Å². The topological polar surface area (TPSA) is 54.1 Å².